The van der Waals surface area contributed by atoms with Gasteiger partial charge in [0.2, 0.25) is 0 Å². The van der Waals surface area contributed by atoms with E-state index in [0.29, 0.717) is 12.1 Å². The van der Waals surface area contributed by atoms with Crippen LogP contribution < -0.4 is 4.90 Å². The highest BCUT2D eigenvalue weighted by atomic mass is 16.4. The molecule has 0 aliphatic carbocycles. The molecule has 30 heavy (non-hydrogen) atoms. The number of para-hydroxylation sites is 1. The molecule has 4 nitrogen and oxygen atoms in total. The Morgan fingerprint density at radius 1 is 0.833 bits per heavy atom. The largest absolute Gasteiger partial charge is 0.478 e. The molecule has 0 atom stereocenters. The molecular formula is C26H24N2O2. The summed E-state index contributed by atoms with van der Waals surface area (Å²) in [5.74, 6) is 5.56. The Morgan fingerprint density at radius 3 is 2.17 bits per heavy atom. The molecule has 0 bridgehead atoms. The summed E-state index contributed by atoms with van der Waals surface area (Å²) in [6.45, 7) is 4.56. The first-order valence-corrected chi connectivity index (χ1v) is 10.2. The Morgan fingerprint density at radius 2 is 1.50 bits per heavy atom. The van der Waals surface area contributed by atoms with E-state index in [9.17, 15) is 9.90 Å². The molecule has 1 aliphatic rings. The number of piperazine rings is 1. The van der Waals surface area contributed by atoms with E-state index >= 15 is 0 Å². The maximum Gasteiger partial charge on any atom is 0.336 e. The lowest BCUT2D eigenvalue weighted by Gasteiger charge is -2.35. The first kappa shape index (κ1) is 19.8. The number of hydrogen-bond donors (Lipinski definition) is 1. The maximum absolute atomic E-state index is 11.8. The molecule has 150 valence electrons. The zero-order valence-corrected chi connectivity index (χ0v) is 16.8. The topological polar surface area (TPSA) is 43.8 Å². The van der Waals surface area contributed by atoms with Crippen LogP contribution in [0.3, 0.4) is 0 Å². The van der Waals surface area contributed by atoms with Crippen molar-refractivity contribution >= 4 is 11.7 Å². The van der Waals surface area contributed by atoms with Crippen LogP contribution in [0.4, 0.5) is 5.69 Å². The van der Waals surface area contributed by atoms with Crippen molar-refractivity contribution in [3.05, 3.63) is 90.0 Å². The molecule has 1 fully saturated rings. The SMILES string of the molecule is O=C(O)c1cccc(C#CCN2CCN(c3ccccc3)CC2)c1-c1ccccc1. The number of benzene rings is 3. The second-order valence-electron chi connectivity index (χ2n) is 7.30. The zero-order chi connectivity index (χ0) is 20.8. The summed E-state index contributed by atoms with van der Waals surface area (Å²) in [6, 6.07) is 25.4. The Bertz CT molecular complexity index is 1060. The fourth-order valence-electron chi connectivity index (χ4n) is 3.80. The third-order valence-corrected chi connectivity index (χ3v) is 5.38. The van der Waals surface area contributed by atoms with Crippen molar-refractivity contribution in [3.8, 4) is 23.0 Å². The highest BCUT2D eigenvalue weighted by molar-refractivity contribution is 5.97. The van der Waals surface area contributed by atoms with Gasteiger partial charge in [-0.05, 0) is 29.8 Å². The summed E-state index contributed by atoms with van der Waals surface area (Å²) in [7, 11) is 0. The number of carbonyl (C=O) groups is 1. The molecule has 0 saturated carbocycles. The van der Waals surface area contributed by atoms with Gasteiger partial charge in [0.05, 0.1) is 12.1 Å². The minimum atomic E-state index is -0.936. The molecule has 0 spiro atoms. The van der Waals surface area contributed by atoms with Crippen molar-refractivity contribution in [2.75, 3.05) is 37.6 Å². The first-order chi connectivity index (χ1) is 14.7. The summed E-state index contributed by atoms with van der Waals surface area (Å²) >= 11 is 0. The van der Waals surface area contributed by atoms with Gasteiger partial charge in [0.15, 0.2) is 0 Å². The molecule has 0 aromatic heterocycles. The second kappa shape index (κ2) is 9.30. The molecular weight excluding hydrogens is 372 g/mol. The van der Waals surface area contributed by atoms with Crippen molar-refractivity contribution < 1.29 is 9.90 Å². The average Bonchev–Trinajstić information content (AvgIpc) is 2.80. The molecule has 1 N–H and O–H groups in total. The molecule has 1 saturated heterocycles. The predicted molar refractivity (Wildman–Crippen MR) is 121 cm³/mol. The minimum absolute atomic E-state index is 0.282. The van der Waals surface area contributed by atoms with Crippen LogP contribution in [0.15, 0.2) is 78.9 Å². The maximum atomic E-state index is 11.8. The van der Waals surface area contributed by atoms with E-state index in [4.69, 9.17) is 0 Å². The molecule has 3 aromatic carbocycles. The van der Waals surface area contributed by atoms with E-state index in [0.717, 1.165) is 37.3 Å². The molecule has 3 aromatic rings. The third kappa shape index (κ3) is 4.53. The van der Waals surface area contributed by atoms with Crippen molar-refractivity contribution in [2.45, 2.75) is 0 Å². The van der Waals surface area contributed by atoms with Gasteiger partial charge in [-0.3, -0.25) is 4.90 Å². The van der Waals surface area contributed by atoms with Crippen LogP contribution in [0.25, 0.3) is 11.1 Å². The molecule has 4 heteroatoms. The Hall–Kier alpha value is -3.55. The van der Waals surface area contributed by atoms with E-state index in [1.54, 1.807) is 12.1 Å². The van der Waals surface area contributed by atoms with Crippen LogP contribution >= 0.6 is 0 Å². The zero-order valence-electron chi connectivity index (χ0n) is 16.8. The van der Waals surface area contributed by atoms with Gasteiger partial charge >= 0.3 is 5.97 Å². The Balaban J connectivity index is 1.47. The number of anilines is 1. The lowest BCUT2D eigenvalue weighted by Crippen LogP contribution is -2.46. The van der Waals surface area contributed by atoms with Crippen molar-refractivity contribution in [2.24, 2.45) is 0 Å². The molecule has 0 amide bonds. The quantitative estimate of drug-likeness (QED) is 0.671. The number of hydrogen-bond acceptors (Lipinski definition) is 3. The van der Waals surface area contributed by atoms with E-state index in [-0.39, 0.29) is 5.56 Å². The fourth-order valence-corrected chi connectivity index (χ4v) is 3.80. The number of carboxylic acid groups (broad SMARTS) is 1. The van der Waals surface area contributed by atoms with Crippen molar-refractivity contribution in [1.29, 1.82) is 0 Å². The lowest BCUT2D eigenvalue weighted by molar-refractivity contribution is 0.0697. The Kier molecular flexibility index (Phi) is 6.12. The summed E-state index contributed by atoms with van der Waals surface area (Å²) in [6.07, 6.45) is 0. The average molecular weight is 396 g/mol. The predicted octanol–water partition coefficient (Wildman–Crippen LogP) is 4.23. The summed E-state index contributed by atoms with van der Waals surface area (Å²) in [4.78, 5) is 16.5. The highest BCUT2D eigenvalue weighted by Gasteiger charge is 2.17. The number of nitrogens with zero attached hydrogens (tertiary/aromatic N) is 2. The number of carboxylic acids is 1. The van der Waals surface area contributed by atoms with Crippen LogP contribution in [-0.4, -0.2) is 48.7 Å². The third-order valence-electron chi connectivity index (χ3n) is 5.38. The van der Waals surface area contributed by atoms with Gasteiger partial charge in [-0.1, -0.05) is 66.4 Å². The molecule has 0 unspecified atom stereocenters. The van der Waals surface area contributed by atoms with Gasteiger partial charge in [-0.25, -0.2) is 4.79 Å². The lowest BCUT2D eigenvalue weighted by atomic mass is 9.94. The van der Waals surface area contributed by atoms with Gasteiger partial charge in [0.25, 0.3) is 0 Å². The normalized spacial score (nSPS) is 14.1. The van der Waals surface area contributed by atoms with Crippen molar-refractivity contribution in [3.63, 3.8) is 0 Å². The Labute approximate surface area is 177 Å². The van der Waals surface area contributed by atoms with E-state index in [2.05, 4.69) is 45.9 Å². The minimum Gasteiger partial charge on any atom is -0.478 e. The van der Waals surface area contributed by atoms with Crippen molar-refractivity contribution in [1.82, 2.24) is 4.90 Å². The summed E-state index contributed by atoms with van der Waals surface area (Å²) < 4.78 is 0. The van der Waals surface area contributed by atoms with Gasteiger partial charge in [0, 0.05) is 43.0 Å². The molecule has 1 aliphatic heterocycles. The van der Waals surface area contributed by atoms with E-state index in [1.807, 2.05) is 42.5 Å². The second-order valence-corrected chi connectivity index (χ2v) is 7.30. The van der Waals surface area contributed by atoms with E-state index in [1.165, 1.54) is 5.69 Å². The monoisotopic (exact) mass is 396 g/mol. The van der Waals surface area contributed by atoms with Crippen LogP contribution in [-0.2, 0) is 0 Å². The number of rotatable bonds is 4. The highest BCUT2D eigenvalue weighted by Crippen LogP contribution is 2.27. The molecule has 0 radical (unpaired) electrons. The van der Waals surface area contributed by atoms with Gasteiger partial charge < -0.3 is 10.0 Å². The van der Waals surface area contributed by atoms with E-state index < -0.39 is 5.97 Å². The molecule has 1 heterocycles. The fraction of sp³-hybridized carbons (Fsp3) is 0.192. The van der Waals surface area contributed by atoms with Crippen LogP contribution in [0.2, 0.25) is 0 Å². The van der Waals surface area contributed by atoms with Gasteiger partial charge in [0.1, 0.15) is 0 Å². The van der Waals surface area contributed by atoms with Crippen LogP contribution in [0.5, 0.6) is 0 Å². The smallest absolute Gasteiger partial charge is 0.336 e. The molecule has 4 rings (SSSR count). The summed E-state index contributed by atoms with van der Waals surface area (Å²) in [5, 5.41) is 9.64. The standard InChI is InChI=1S/C26H24N2O2/c29-26(30)24-15-7-11-22(25(24)21-9-3-1-4-10-21)12-8-16-27-17-19-28(20-18-27)23-13-5-2-6-14-23/h1-7,9-11,13-15H,16-20H2,(H,29,30). The first-order valence-electron chi connectivity index (χ1n) is 10.2. The van der Waals surface area contributed by atoms with Crippen LogP contribution in [0, 0.1) is 11.8 Å². The summed E-state index contributed by atoms with van der Waals surface area (Å²) in [5.41, 5.74) is 3.86. The van der Waals surface area contributed by atoms with Gasteiger partial charge in [-0.2, -0.15) is 0 Å². The van der Waals surface area contributed by atoms with Crippen LogP contribution in [0.1, 0.15) is 15.9 Å². The van der Waals surface area contributed by atoms with Gasteiger partial charge in [-0.15, -0.1) is 0 Å². The number of aromatic carboxylic acids is 1.